The van der Waals surface area contributed by atoms with Crippen LogP contribution < -0.4 is 15.4 Å². The van der Waals surface area contributed by atoms with E-state index in [-0.39, 0.29) is 11.6 Å². The van der Waals surface area contributed by atoms with Crippen LogP contribution in [0.4, 0.5) is 11.4 Å². The van der Waals surface area contributed by atoms with E-state index in [4.69, 9.17) is 14.5 Å². The summed E-state index contributed by atoms with van der Waals surface area (Å²) in [5.74, 6) is -0.0785. The quantitative estimate of drug-likeness (QED) is 0.241. The molecule has 0 fully saturated rings. The van der Waals surface area contributed by atoms with Gasteiger partial charge in [-0.25, -0.2) is 14.8 Å². The highest BCUT2D eigenvalue weighted by molar-refractivity contribution is 7.12. The number of ether oxygens (including phenoxy) is 2. The second kappa shape index (κ2) is 11.4. The molecule has 10 nitrogen and oxygen atoms in total. The van der Waals surface area contributed by atoms with Gasteiger partial charge in [-0.05, 0) is 42.3 Å². The number of amides is 1. The Kier molecular flexibility index (Phi) is 7.60. The summed E-state index contributed by atoms with van der Waals surface area (Å²) < 4.78 is 14.2. The number of thiazole rings is 1. The van der Waals surface area contributed by atoms with Gasteiger partial charge in [0.25, 0.3) is 0 Å². The van der Waals surface area contributed by atoms with E-state index in [1.807, 2.05) is 58.6 Å². The fourth-order valence-corrected chi connectivity index (χ4v) is 5.12. The number of hydrogen-bond donors (Lipinski definition) is 2. The Morgan fingerprint density at radius 2 is 1.92 bits per heavy atom. The van der Waals surface area contributed by atoms with Crippen molar-refractivity contribution in [2.75, 3.05) is 24.9 Å². The number of carbonyl (C=O) groups excluding carboxylic acids is 2. The van der Waals surface area contributed by atoms with E-state index >= 15 is 0 Å². The summed E-state index contributed by atoms with van der Waals surface area (Å²) in [6.07, 6.45) is 6.10. The van der Waals surface area contributed by atoms with Crippen molar-refractivity contribution in [2.24, 2.45) is 0 Å². The van der Waals surface area contributed by atoms with Crippen molar-refractivity contribution in [1.82, 2.24) is 19.1 Å². The third kappa shape index (κ3) is 5.48. The molecule has 4 heterocycles. The molecule has 0 aliphatic carbocycles. The molecule has 200 valence electrons. The zero-order valence-corrected chi connectivity index (χ0v) is 22.6. The molecule has 0 aliphatic heterocycles. The van der Waals surface area contributed by atoms with Gasteiger partial charge in [0.05, 0.1) is 38.3 Å². The lowest BCUT2D eigenvalue weighted by Gasteiger charge is -2.11. The number of nitrogens with one attached hydrogen (secondary N) is 2. The predicted molar refractivity (Wildman–Crippen MR) is 151 cm³/mol. The van der Waals surface area contributed by atoms with Crippen LogP contribution in [0.3, 0.4) is 0 Å². The van der Waals surface area contributed by atoms with Gasteiger partial charge in [-0.3, -0.25) is 9.36 Å². The van der Waals surface area contributed by atoms with Crippen LogP contribution in [0.15, 0.2) is 66.4 Å². The van der Waals surface area contributed by atoms with Gasteiger partial charge in [-0.1, -0.05) is 12.1 Å². The van der Waals surface area contributed by atoms with E-state index in [9.17, 15) is 9.59 Å². The Hall–Kier alpha value is -4.64. The molecule has 4 aromatic heterocycles. The van der Waals surface area contributed by atoms with E-state index in [0.717, 1.165) is 27.8 Å². The summed E-state index contributed by atoms with van der Waals surface area (Å²) in [5.41, 5.74) is 4.03. The molecule has 1 amide bonds. The summed E-state index contributed by atoms with van der Waals surface area (Å²) in [6.45, 7) is 2.38. The Balaban J connectivity index is 1.48. The first-order valence-electron chi connectivity index (χ1n) is 12.3. The monoisotopic (exact) mass is 544 g/mol. The van der Waals surface area contributed by atoms with Crippen molar-refractivity contribution in [3.05, 3.63) is 83.4 Å². The number of fused-ring (bicyclic) bond motifs is 1. The summed E-state index contributed by atoms with van der Waals surface area (Å²) in [4.78, 5) is 34.2. The highest BCUT2D eigenvalue weighted by Crippen LogP contribution is 2.33. The van der Waals surface area contributed by atoms with Crippen LogP contribution in [-0.2, 0) is 29.0 Å². The maximum absolute atomic E-state index is 13.0. The lowest BCUT2D eigenvalue weighted by molar-refractivity contribution is -0.114. The van der Waals surface area contributed by atoms with Crippen molar-refractivity contribution in [1.29, 1.82) is 0 Å². The molecule has 2 N–H and O–H groups in total. The van der Waals surface area contributed by atoms with Gasteiger partial charge in [-0.15, -0.1) is 11.3 Å². The minimum atomic E-state index is -0.553. The smallest absolute Gasteiger partial charge is 0.356 e. The molecule has 0 saturated heterocycles. The molecule has 0 aliphatic rings. The summed E-state index contributed by atoms with van der Waals surface area (Å²) in [5, 5.41) is 9.70. The van der Waals surface area contributed by atoms with Crippen LogP contribution in [-0.4, -0.2) is 45.2 Å². The topological polar surface area (TPSA) is 112 Å². The number of rotatable bonds is 10. The van der Waals surface area contributed by atoms with Crippen LogP contribution >= 0.6 is 11.3 Å². The number of carbonyl (C=O) groups is 2. The molecule has 0 atom stereocenters. The Morgan fingerprint density at radius 3 is 2.62 bits per heavy atom. The first kappa shape index (κ1) is 26.0. The largest absolute Gasteiger partial charge is 0.497 e. The van der Waals surface area contributed by atoms with Crippen molar-refractivity contribution in [2.45, 2.75) is 26.4 Å². The molecule has 0 spiro atoms. The van der Waals surface area contributed by atoms with E-state index in [0.29, 0.717) is 36.2 Å². The van der Waals surface area contributed by atoms with E-state index < -0.39 is 5.97 Å². The van der Waals surface area contributed by atoms with Crippen molar-refractivity contribution < 1.29 is 19.1 Å². The van der Waals surface area contributed by atoms with Crippen molar-refractivity contribution in [3.8, 4) is 10.9 Å². The zero-order valence-electron chi connectivity index (χ0n) is 21.8. The highest BCUT2D eigenvalue weighted by Gasteiger charge is 2.25. The van der Waals surface area contributed by atoms with Gasteiger partial charge in [-0.2, -0.15) is 0 Å². The normalized spacial score (nSPS) is 10.9. The number of hydrogen-bond acceptors (Lipinski definition) is 8. The molecule has 1 aromatic carbocycles. The molecule has 0 unspecified atom stereocenters. The second-order valence-electron chi connectivity index (χ2n) is 8.78. The third-order valence-electron chi connectivity index (χ3n) is 6.29. The molecular weight excluding hydrogens is 516 g/mol. The van der Waals surface area contributed by atoms with Gasteiger partial charge in [0.1, 0.15) is 11.4 Å². The third-order valence-corrected chi connectivity index (χ3v) is 7.06. The number of aryl methyl sites for hydroxylation is 2. The van der Waals surface area contributed by atoms with E-state index in [2.05, 4.69) is 15.6 Å². The van der Waals surface area contributed by atoms with Crippen molar-refractivity contribution in [3.63, 3.8) is 0 Å². The number of methoxy groups -OCH3 is 2. The number of aromatic nitrogens is 4. The van der Waals surface area contributed by atoms with Crippen LogP contribution in [0.5, 0.6) is 5.75 Å². The average Bonchev–Trinajstić information content (AvgIpc) is 3.70. The van der Waals surface area contributed by atoms with Crippen LogP contribution in [0.25, 0.3) is 16.2 Å². The Morgan fingerprint density at radius 1 is 1.10 bits per heavy atom. The molecule has 5 rings (SSSR count). The Bertz CT molecular complexity index is 1610. The van der Waals surface area contributed by atoms with Gasteiger partial charge < -0.3 is 24.7 Å². The maximum atomic E-state index is 13.0. The number of benzene rings is 1. The van der Waals surface area contributed by atoms with Crippen LogP contribution in [0.1, 0.15) is 28.7 Å². The summed E-state index contributed by atoms with van der Waals surface area (Å²) >= 11 is 1.56. The first-order chi connectivity index (χ1) is 19.0. The van der Waals surface area contributed by atoms with Gasteiger partial charge >= 0.3 is 5.97 Å². The number of esters is 1. The lowest BCUT2D eigenvalue weighted by Crippen LogP contribution is -2.16. The van der Waals surface area contributed by atoms with Gasteiger partial charge in [0.2, 0.25) is 5.91 Å². The van der Waals surface area contributed by atoms with Gasteiger partial charge in [0, 0.05) is 42.3 Å². The second-order valence-corrected chi connectivity index (χ2v) is 9.65. The minimum absolute atomic E-state index is 0.249. The molecule has 0 bridgehead atoms. The molecule has 0 saturated carbocycles. The zero-order chi connectivity index (χ0) is 27.4. The molecular formula is C28H28N6O4S. The minimum Gasteiger partial charge on any atom is -0.497 e. The number of nitrogens with zero attached hydrogens (tertiary/aromatic N) is 4. The van der Waals surface area contributed by atoms with E-state index in [1.54, 1.807) is 35.4 Å². The molecule has 11 heteroatoms. The van der Waals surface area contributed by atoms with Crippen LogP contribution in [0, 0.1) is 0 Å². The van der Waals surface area contributed by atoms with Crippen molar-refractivity contribution >= 4 is 45.6 Å². The SMILES string of the molecule is COC(=O)c1c(NC(C)=O)c2cc(NCc3cccn3-c3nccs3)cnc2n1CCc1ccc(OC)cc1. The number of anilines is 2. The Labute approximate surface area is 229 Å². The predicted octanol–water partition coefficient (Wildman–Crippen LogP) is 4.89. The first-order valence-corrected chi connectivity index (χ1v) is 13.2. The lowest BCUT2D eigenvalue weighted by atomic mass is 10.1. The van der Waals surface area contributed by atoms with E-state index in [1.165, 1.54) is 14.0 Å². The highest BCUT2D eigenvalue weighted by atomic mass is 32.1. The molecule has 0 radical (unpaired) electrons. The maximum Gasteiger partial charge on any atom is 0.356 e. The average molecular weight is 545 g/mol. The standard InChI is InChI=1S/C28H28N6O4S/c1-18(35)32-24-23-15-20(30-17-21-5-4-12-33(21)28-29-11-14-39-28)16-31-26(23)34(25(24)27(36)38-3)13-10-19-6-8-22(37-2)9-7-19/h4-9,11-12,14-16,30H,10,13,17H2,1-3H3,(H,32,35). The number of pyridine rings is 1. The molecule has 5 aromatic rings. The van der Waals surface area contributed by atoms with Gasteiger partial charge in [0.15, 0.2) is 10.8 Å². The van der Waals surface area contributed by atoms with Crippen LogP contribution in [0.2, 0.25) is 0 Å². The molecule has 39 heavy (non-hydrogen) atoms. The summed E-state index contributed by atoms with van der Waals surface area (Å²) in [6, 6.07) is 13.6. The fraction of sp³-hybridized carbons (Fsp3) is 0.214. The summed E-state index contributed by atoms with van der Waals surface area (Å²) in [7, 11) is 2.95. The fourth-order valence-electron chi connectivity index (χ4n) is 4.46.